The van der Waals surface area contributed by atoms with Crippen molar-refractivity contribution >= 4 is 27.0 Å². The summed E-state index contributed by atoms with van der Waals surface area (Å²) in [5, 5.41) is 0. The Hall–Kier alpha value is -0.870. The summed E-state index contributed by atoms with van der Waals surface area (Å²) in [6.45, 7) is 0.728. The molecule has 0 unspecified atom stereocenters. The number of hydrogen-bond acceptors (Lipinski definition) is 2. The SMILES string of the molecule is Cn1cnc2cc(Br)cc(CCCN)c21. The fraction of sp³-hybridized carbons (Fsp3) is 0.364. The summed E-state index contributed by atoms with van der Waals surface area (Å²) < 4.78 is 3.15. The molecule has 0 radical (unpaired) electrons. The first-order valence-corrected chi connectivity index (χ1v) is 5.81. The fourth-order valence-electron chi connectivity index (χ4n) is 1.84. The minimum Gasteiger partial charge on any atom is -0.334 e. The molecule has 2 aromatic rings. The average molecular weight is 268 g/mol. The fourth-order valence-corrected chi connectivity index (χ4v) is 2.33. The van der Waals surface area contributed by atoms with Gasteiger partial charge in [0, 0.05) is 11.5 Å². The molecule has 2 rings (SSSR count). The molecule has 1 aromatic carbocycles. The van der Waals surface area contributed by atoms with E-state index in [1.807, 2.05) is 19.4 Å². The number of aryl methyl sites for hydroxylation is 2. The topological polar surface area (TPSA) is 43.8 Å². The van der Waals surface area contributed by atoms with Crippen molar-refractivity contribution in [3.63, 3.8) is 0 Å². The molecule has 0 fully saturated rings. The molecule has 0 aliphatic rings. The summed E-state index contributed by atoms with van der Waals surface area (Å²) in [5.41, 5.74) is 9.10. The van der Waals surface area contributed by atoms with Gasteiger partial charge in [0.2, 0.25) is 0 Å². The molecule has 0 amide bonds. The van der Waals surface area contributed by atoms with Crippen LogP contribution in [-0.4, -0.2) is 16.1 Å². The van der Waals surface area contributed by atoms with E-state index in [4.69, 9.17) is 5.73 Å². The molecule has 1 aromatic heterocycles. The highest BCUT2D eigenvalue weighted by molar-refractivity contribution is 9.10. The smallest absolute Gasteiger partial charge is 0.0955 e. The number of imidazole rings is 1. The predicted molar refractivity (Wildman–Crippen MR) is 65.8 cm³/mol. The van der Waals surface area contributed by atoms with Gasteiger partial charge in [-0.15, -0.1) is 0 Å². The summed E-state index contributed by atoms with van der Waals surface area (Å²) in [5.74, 6) is 0. The molecule has 2 N–H and O–H groups in total. The number of nitrogens with zero attached hydrogens (tertiary/aromatic N) is 2. The predicted octanol–water partition coefficient (Wildman–Crippen LogP) is 2.23. The largest absolute Gasteiger partial charge is 0.334 e. The van der Waals surface area contributed by atoms with Crippen molar-refractivity contribution < 1.29 is 0 Å². The maximum absolute atomic E-state index is 5.54. The van der Waals surface area contributed by atoms with Gasteiger partial charge >= 0.3 is 0 Å². The highest BCUT2D eigenvalue weighted by atomic mass is 79.9. The van der Waals surface area contributed by atoms with Crippen molar-refractivity contribution in [3.8, 4) is 0 Å². The van der Waals surface area contributed by atoms with E-state index in [9.17, 15) is 0 Å². The molecule has 15 heavy (non-hydrogen) atoms. The Morgan fingerprint density at radius 3 is 3.00 bits per heavy atom. The monoisotopic (exact) mass is 267 g/mol. The van der Waals surface area contributed by atoms with Crippen LogP contribution in [0, 0.1) is 0 Å². The Balaban J connectivity index is 2.53. The highest BCUT2D eigenvalue weighted by Gasteiger charge is 2.07. The Kier molecular flexibility index (Phi) is 3.07. The van der Waals surface area contributed by atoms with E-state index in [1.54, 1.807) is 0 Å². The van der Waals surface area contributed by atoms with Crippen molar-refractivity contribution in [2.75, 3.05) is 6.54 Å². The third-order valence-corrected chi connectivity index (χ3v) is 2.96. The average Bonchev–Trinajstić information content (AvgIpc) is 2.56. The molecule has 0 spiro atoms. The third-order valence-electron chi connectivity index (χ3n) is 2.51. The normalized spacial score (nSPS) is 11.1. The molecular weight excluding hydrogens is 254 g/mol. The van der Waals surface area contributed by atoms with E-state index < -0.39 is 0 Å². The van der Waals surface area contributed by atoms with Crippen LogP contribution >= 0.6 is 15.9 Å². The van der Waals surface area contributed by atoms with E-state index >= 15 is 0 Å². The van der Waals surface area contributed by atoms with Gasteiger partial charge in [-0.2, -0.15) is 0 Å². The molecule has 0 saturated heterocycles. The van der Waals surface area contributed by atoms with Crippen LogP contribution in [0.15, 0.2) is 22.9 Å². The van der Waals surface area contributed by atoms with Crippen molar-refractivity contribution in [2.24, 2.45) is 12.8 Å². The molecule has 3 nitrogen and oxygen atoms in total. The summed E-state index contributed by atoms with van der Waals surface area (Å²) in [6, 6.07) is 4.20. The van der Waals surface area contributed by atoms with Crippen LogP contribution in [0.5, 0.6) is 0 Å². The van der Waals surface area contributed by atoms with Gasteiger partial charge in [0.15, 0.2) is 0 Å². The second-order valence-electron chi connectivity index (χ2n) is 3.68. The quantitative estimate of drug-likeness (QED) is 0.927. The zero-order chi connectivity index (χ0) is 10.8. The molecule has 1 heterocycles. The Labute approximate surface area is 97.4 Å². The number of halogens is 1. The molecule has 4 heteroatoms. The van der Waals surface area contributed by atoms with E-state index in [0.29, 0.717) is 0 Å². The van der Waals surface area contributed by atoms with E-state index in [0.717, 1.165) is 29.4 Å². The summed E-state index contributed by atoms with van der Waals surface area (Å²) in [7, 11) is 2.02. The van der Waals surface area contributed by atoms with Gasteiger partial charge in [0.25, 0.3) is 0 Å². The molecular formula is C11H14BrN3. The lowest BCUT2D eigenvalue weighted by atomic mass is 10.1. The minimum atomic E-state index is 0.728. The van der Waals surface area contributed by atoms with Crippen molar-refractivity contribution in [1.29, 1.82) is 0 Å². The Morgan fingerprint density at radius 1 is 1.47 bits per heavy atom. The summed E-state index contributed by atoms with van der Waals surface area (Å²) in [6.07, 6.45) is 3.87. The van der Waals surface area contributed by atoms with Crippen LogP contribution in [0.4, 0.5) is 0 Å². The molecule has 0 aliphatic heterocycles. The first-order valence-electron chi connectivity index (χ1n) is 5.02. The Bertz CT molecular complexity index is 476. The number of aromatic nitrogens is 2. The molecule has 0 saturated carbocycles. The highest BCUT2D eigenvalue weighted by Crippen LogP contribution is 2.24. The maximum atomic E-state index is 5.54. The standard InChI is InChI=1S/C11H14BrN3/c1-15-7-14-10-6-9(12)5-8(11(10)15)3-2-4-13/h5-7H,2-4,13H2,1H3. The maximum Gasteiger partial charge on any atom is 0.0955 e. The van der Waals surface area contributed by atoms with Gasteiger partial charge in [0.05, 0.1) is 17.4 Å². The van der Waals surface area contributed by atoms with Crippen LogP contribution in [0.3, 0.4) is 0 Å². The van der Waals surface area contributed by atoms with E-state index in [1.165, 1.54) is 11.1 Å². The number of fused-ring (bicyclic) bond motifs is 1. The van der Waals surface area contributed by atoms with Crippen molar-refractivity contribution in [3.05, 3.63) is 28.5 Å². The lowest BCUT2D eigenvalue weighted by Crippen LogP contribution is -2.01. The zero-order valence-corrected chi connectivity index (χ0v) is 10.3. The Morgan fingerprint density at radius 2 is 2.27 bits per heavy atom. The van der Waals surface area contributed by atoms with Crippen LogP contribution in [0.2, 0.25) is 0 Å². The van der Waals surface area contributed by atoms with Gasteiger partial charge in [-0.05, 0) is 37.1 Å². The van der Waals surface area contributed by atoms with Crippen molar-refractivity contribution in [1.82, 2.24) is 9.55 Å². The zero-order valence-electron chi connectivity index (χ0n) is 8.70. The van der Waals surface area contributed by atoms with E-state index in [-0.39, 0.29) is 0 Å². The second-order valence-corrected chi connectivity index (χ2v) is 4.60. The minimum absolute atomic E-state index is 0.728. The first kappa shape index (κ1) is 10.6. The summed E-state index contributed by atoms with van der Waals surface area (Å²) in [4.78, 5) is 4.35. The molecule has 0 aliphatic carbocycles. The van der Waals surface area contributed by atoms with Crippen LogP contribution in [0.1, 0.15) is 12.0 Å². The number of nitrogens with two attached hydrogens (primary N) is 1. The lowest BCUT2D eigenvalue weighted by Gasteiger charge is -2.05. The molecule has 0 bridgehead atoms. The van der Waals surface area contributed by atoms with Gasteiger partial charge < -0.3 is 10.3 Å². The van der Waals surface area contributed by atoms with Gasteiger partial charge in [-0.3, -0.25) is 0 Å². The van der Waals surface area contributed by atoms with Crippen molar-refractivity contribution in [2.45, 2.75) is 12.8 Å². The van der Waals surface area contributed by atoms with Crippen LogP contribution in [-0.2, 0) is 13.5 Å². The van der Waals surface area contributed by atoms with Gasteiger partial charge in [-0.1, -0.05) is 15.9 Å². The van der Waals surface area contributed by atoms with Crippen LogP contribution in [0.25, 0.3) is 11.0 Å². The number of rotatable bonds is 3. The first-order chi connectivity index (χ1) is 7.22. The third kappa shape index (κ3) is 2.06. The number of benzene rings is 1. The second kappa shape index (κ2) is 4.33. The van der Waals surface area contributed by atoms with E-state index in [2.05, 4.69) is 31.5 Å². The van der Waals surface area contributed by atoms with Gasteiger partial charge in [-0.25, -0.2) is 4.98 Å². The lowest BCUT2D eigenvalue weighted by molar-refractivity contribution is 0.829. The summed E-state index contributed by atoms with van der Waals surface area (Å²) >= 11 is 3.50. The van der Waals surface area contributed by atoms with Gasteiger partial charge in [0.1, 0.15) is 0 Å². The molecule has 0 atom stereocenters. The number of hydrogen-bond donors (Lipinski definition) is 1. The van der Waals surface area contributed by atoms with Crippen LogP contribution < -0.4 is 5.73 Å². The molecule has 80 valence electrons.